The molecule has 3 rings (SSSR count). The Hall–Kier alpha value is -2.04. The summed E-state index contributed by atoms with van der Waals surface area (Å²) in [5.41, 5.74) is 1.25. The summed E-state index contributed by atoms with van der Waals surface area (Å²) >= 11 is 0. The molecule has 0 aromatic heterocycles. The number of nitrogens with zero attached hydrogens (tertiary/aromatic N) is 1. The molecule has 0 radical (unpaired) electrons. The Morgan fingerprint density at radius 3 is 2.62 bits per heavy atom. The van der Waals surface area contributed by atoms with Crippen molar-refractivity contribution in [1.29, 1.82) is 0 Å². The molecule has 2 fully saturated rings. The molecule has 0 spiro atoms. The van der Waals surface area contributed by atoms with Gasteiger partial charge >= 0.3 is 12.0 Å². The molecule has 5 heteroatoms. The molecule has 21 heavy (non-hydrogen) atoms. The molecular formula is C16H20N2O3. The van der Waals surface area contributed by atoms with Crippen molar-refractivity contribution in [3.63, 3.8) is 0 Å². The van der Waals surface area contributed by atoms with Crippen LogP contribution in [0.15, 0.2) is 30.3 Å². The maximum absolute atomic E-state index is 12.3. The lowest BCUT2D eigenvalue weighted by Gasteiger charge is -2.23. The van der Waals surface area contributed by atoms with Crippen molar-refractivity contribution < 1.29 is 14.7 Å². The van der Waals surface area contributed by atoms with E-state index < -0.39 is 11.9 Å². The maximum atomic E-state index is 12.3. The molecule has 2 N–H and O–H groups in total. The van der Waals surface area contributed by atoms with Gasteiger partial charge in [-0.25, -0.2) is 4.79 Å². The highest BCUT2D eigenvalue weighted by molar-refractivity contribution is 5.78. The van der Waals surface area contributed by atoms with Gasteiger partial charge in [0.2, 0.25) is 0 Å². The number of hydrogen-bond donors (Lipinski definition) is 2. The van der Waals surface area contributed by atoms with Crippen LogP contribution in [0.2, 0.25) is 0 Å². The molecule has 4 atom stereocenters. The Kier molecular flexibility index (Phi) is 3.57. The molecule has 1 aliphatic heterocycles. The third-order valence-corrected chi connectivity index (χ3v) is 4.66. The first-order chi connectivity index (χ1) is 10.1. The van der Waals surface area contributed by atoms with Gasteiger partial charge in [-0.05, 0) is 25.3 Å². The predicted octanol–water partition coefficient (Wildman–Crippen LogP) is 2.05. The second kappa shape index (κ2) is 5.39. The van der Waals surface area contributed by atoms with E-state index in [1.807, 2.05) is 25.1 Å². The van der Waals surface area contributed by atoms with Crippen LogP contribution in [0.25, 0.3) is 0 Å². The number of urea groups is 1. The fourth-order valence-corrected chi connectivity index (χ4v) is 3.22. The Bertz CT molecular complexity index is 546. The van der Waals surface area contributed by atoms with E-state index >= 15 is 0 Å². The van der Waals surface area contributed by atoms with Crippen LogP contribution in [0.3, 0.4) is 0 Å². The van der Waals surface area contributed by atoms with E-state index in [-0.39, 0.29) is 18.1 Å². The highest BCUT2D eigenvalue weighted by Gasteiger charge is 2.43. The average Bonchev–Trinajstić information content (AvgIpc) is 3.11. The average molecular weight is 288 g/mol. The van der Waals surface area contributed by atoms with Crippen molar-refractivity contribution in [2.24, 2.45) is 5.92 Å². The second-order valence-electron chi connectivity index (χ2n) is 5.98. The van der Waals surface area contributed by atoms with E-state index in [4.69, 9.17) is 5.11 Å². The van der Waals surface area contributed by atoms with E-state index in [1.54, 1.807) is 4.90 Å². The van der Waals surface area contributed by atoms with Crippen LogP contribution >= 0.6 is 0 Å². The van der Waals surface area contributed by atoms with Gasteiger partial charge in [-0.15, -0.1) is 0 Å². The van der Waals surface area contributed by atoms with Crippen LogP contribution in [0.1, 0.15) is 31.2 Å². The lowest BCUT2D eigenvalue weighted by Crippen LogP contribution is -2.44. The molecule has 1 aromatic carbocycles. The van der Waals surface area contributed by atoms with Gasteiger partial charge in [0, 0.05) is 24.5 Å². The van der Waals surface area contributed by atoms with Gasteiger partial charge in [0.25, 0.3) is 0 Å². The van der Waals surface area contributed by atoms with Crippen LogP contribution in [0.5, 0.6) is 0 Å². The molecule has 2 amide bonds. The van der Waals surface area contributed by atoms with Gasteiger partial charge in [0.15, 0.2) is 0 Å². The molecule has 1 aromatic rings. The normalized spacial score (nSPS) is 31.0. The molecule has 1 saturated heterocycles. The minimum atomic E-state index is -0.814. The first-order valence-electron chi connectivity index (χ1n) is 7.43. The van der Waals surface area contributed by atoms with Crippen molar-refractivity contribution >= 4 is 12.0 Å². The zero-order valence-electron chi connectivity index (χ0n) is 12.0. The highest BCUT2D eigenvalue weighted by atomic mass is 16.4. The standard InChI is InChI=1S/C16H20N2O3/c1-10-12(15(19)20)7-8-18(10)16(21)17-14-9-13(14)11-5-3-2-4-6-11/h2-6,10,12-14H,7-9H2,1H3,(H,17,21)(H,19,20). The molecule has 1 saturated carbocycles. The number of hydrogen-bond acceptors (Lipinski definition) is 2. The number of nitrogens with one attached hydrogen (secondary N) is 1. The number of amides is 2. The van der Waals surface area contributed by atoms with Gasteiger partial charge in [0.1, 0.15) is 0 Å². The first kappa shape index (κ1) is 13.9. The summed E-state index contributed by atoms with van der Waals surface area (Å²) < 4.78 is 0. The zero-order valence-corrected chi connectivity index (χ0v) is 12.0. The van der Waals surface area contributed by atoms with Crippen molar-refractivity contribution in [1.82, 2.24) is 10.2 Å². The first-order valence-corrected chi connectivity index (χ1v) is 7.43. The summed E-state index contributed by atoms with van der Waals surface area (Å²) in [6, 6.07) is 9.96. The molecule has 112 valence electrons. The number of benzene rings is 1. The lowest BCUT2D eigenvalue weighted by atomic mass is 10.0. The van der Waals surface area contributed by atoms with Crippen LogP contribution in [0, 0.1) is 5.92 Å². The third kappa shape index (κ3) is 2.73. The minimum Gasteiger partial charge on any atom is -0.481 e. The van der Waals surface area contributed by atoms with Crippen LogP contribution in [0.4, 0.5) is 4.79 Å². The molecule has 2 aliphatic rings. The van der Waals surface area contributed by atoms with Crippen molar-refractivity contribution in [2.75, 3.05) is 6.54 Å². The lowest BCUT2D eigenvalue weighted by molar-refractivity contribution is -0.142. The predicted molar refractivity (Wildman–Crippen MR) is 78.0 cm³/mol. The minimum absolute atomic E-state index is 0.130. The Labute approximate surface area is 123 Å². The zero-order chi connectivity index (χ0) is 15.0. The quantitative estimate of drug-likeness (QED) is 0.894. The van der Waals surface area contributed by atoms with Crippen molar-refractivity contribution in [2.45, 2.75) is 37.8 Å². The van der Waals surface area contributed by atoms with Crippen molar-refractivity contribution in [3.8, 4) is 0 Å². The second-order valence-corrected chi connectivity index (χ2v) is 5.98. The number of rotatable bonds is 3. The van der Waals surface area contributed by atoms with E-state index in [1.165, 1.54) is 5.56 Å². The molecule has 0 bridgehead atoms. The smallest absolute Gasteiger partial charge is 0.317 e. The summed E-state index contributed by atoms with van der Waals surface area (Å²) in [6.07, 6.45) is 1.50. The largest absolute Gasteiger partial charge is 0.481 e. The number of carbonyl (C=O) groups is 2. The summed E-state index contributed by atoms with van der Waals surface area (Å²) in [5, 5.41) is 12.1. The fourth-order valence-electron chi connectivity index (χ4n) is 3.22. The molecular weight excluding hydrogens is 268 g/mol. The van der Waals surface area contributed by atoms with Crippen LogP contribution in [-0.4, -0.2) is 40.6 Å². The topological polar surface area (TPSA) is 69.6 Å². The fraction of sp³-hybridized carbons (Fsp3) is 0.500. The van der Waals surface area contributed by atoms with Crippen LogP contribution < -0.4 is 5.32 Å². The third-order valence-electron chi connectivity index (χ3n) is 4.66. The molecule has 1 aliphatic carbocycles. The number of likely N-dealkylation sites (tertiary alicyclic amines) is 1. The van der Waals surface area contributed by atoms with Gasteiger partial charge < -0.3 is 15.3 Å². The van der Waals surface area contributed by atoms with E-state index in [9.17, 15) is 9.59 Å². The van der Waals surface area contributed by atoms with E-state index in [0.717, 1.165) is 6.42 Å². The number of carboxylic acid groups (broad SMARTS) is 1. The molecule has 5 nitrogen and oxygen atoms in total. The Morgan fingerprint density at radius 1 is 1.29 bits per heavy atom. The maximum Gasteiger partial charge on any atom is 0.317 e. The van der Waals surface area contributed by atoms with Crippen LogP contribution in [-0.2, 0) is 4.79 Å². The number of carboxylic acids is 1. The Balaban J connectivity index is 1.56. The highest BCUT2D eigenvalue weighted by Crippen LogP contribution is 2.40. The number of carbonyl (C=O) groups excluding carboxylic acids is 1. The van der Waals surface area contributed by atoms with Gasteiger partial charge in [0.05, 0.1) is 5.92 Å². The Morgan fingerprint density at radius 2 is 2.00 bits per heavy atom. The monoisotopic (exact) mass is 288 g/mol. The molecule has 4 unspecified atom stereocenters. The van der Waals surface area contributed by atoms with E-state index in [2.05, 4.69) is 17.4 Å². The van der Waals surface area contributed by atoms with Gasteiger partial charge in [-0.2, -0.15) is 0 Å². The van der Waals surface area contributed by atoms with Crippen molar-refractivity contribution in [3.05, 3.63) is 35.9 Å². The molecule has 1 heterocycles. The SMILES string of the molecule is CC1C(C(=O)O)CCN1C(=O)NC1CC1c1ccccc1. The van der Waals surface area contributed by atoms with Gasteiger partial charge in [-0.1, -0.05) is 30.3 Å². The summed E-state index contributed by atoms with van der Waals surface area (Å²) in [4.78, 5) is 25.0. The summed E-state index contributed by atoms with van der Waals surface area (Å²) in [5.74, 6) is -0.866. The van der Waals surface area contributed by atoms with E-state index in [0.29, 0.717) is 18.9 Å². The summed E-state index contributed by atoms with van der Waals surface area (Å²) in [6.45, 7) is 2.33. The number of aliphatic carboxylic acids is 1. The van der Waals surface area contributed by atoms with Gasteiger partial charge in [-0.3, -0.25) is 4.79 Å². The summed E-state index contributed by atoms with van der Waals surface area (Å²) in [7, 11) is 0.